The molecule has 2 aliphatic rings. The van der Waals surface area contributed by atoms with E-state index in [4.69, 9.17) is 4.55 Å². The van der Waals surface area contributed by atoms with Crippen molar-refractivity contribution in [2.45, 2.75) is 42.7 Å². The Bertz CT molecular complexity index is 363. The summed E-state index contributed by atoms with van der Waals surface area (Å²) in [6.45, 7) is 1.95. The zero-order valence-corrected chi connectivity index (χ0v) is 9.51. The Morgan fingerprint density at radius 1 is 1.50 bits per heavy atom. The van der Waals surface area contributed by atoms with Crippen LogP contribution in [0.4, 0.5) is 0 Å². The van der Waals surface area contributed by atoms with Gasteiger partial charge in [-0.15, -0.1) is 11.8 Å². The van der Waals surface area contributed by atoms with Gasteiger partial charge in [0.25, 0.3) is 10.1 Å². The standard InChI is InChI=1S/C8H13NO3S2/c1-5-9-7-3-2-6(14(10,11)12)4-8(7)13-5/h6-8H,2-4H2,1H3,(H,10,11,12). The van der Waals surface area contributed by atoms with Crippen LogP contribution in [0.1, 0.15) is 26.2 Å². The lowest BCUT2D eigenvalue weighted by molar-refractivity contribution is 0.411. The Balaban J connectivity index is 2.08. The molecule has 3 unspecified atom stereocenters. The molecule has 1 heterocycles. The average molecular weight is 235 g/mol. The molecule has 0 amide bonds. The third kappa shape index (κ3) is 1.97. The van der Waals surface area contributed by atoms with Crippen molar-refractivity contribution in [1.82, 2.24) is 0 Å². The van der Waals surface area contributed by atoms with Gasteiger partial charge in [-0.05, 0) is 26.2 Å². The maximum Gasteiger partial charge on any atom is 0.267 e. The van der Waals surface area contributed by atoms with Crippen LogP contribution in [0.2, 0.25) is 0 Å². The molecule has 0 aromatic rings. The van der Waals surface area contributed by atoms with Gasteiger partial charge in [0.1, 0.15) is 0 Å². The first kappa shape index (κ1) is 10.4. The third-order valence-corrected chi connectivity index (χ3v) is 5.33. The van der Waals surface area contributed by atoms with Crippen LogP contribution in [0.15, 0.2) is 4.99 Å². The van der Waals surface area contributed by atoms with E-state index in [2.05, 4.69) is 4.99 Å². The van der Waals surface area contributed by atoms with E-state index in [-0.39, 0.29) is 11.3 Å². The highest BCUT2D eigenvalue weighted by molar-refractivity contribution is 8.14. The largest absolute Gasteiger partial charge is 0.285 e. The molecule has 1 fully saturated rings. The van der Waals surface area contributed by atoms with Crippen LogP contribution in [0.5, 0.6) is 0 Å². The molecule has 0 aromatic heterocycles. The molecule has 14 heavy (non-hydrogen) atoms. The van der Waals surface area contributed by atoms with E-state index in [9.17, 15) is 8.42 Å². The summed E-state index contributed by atoms with van der Waals surface area (Å²) in [5.74, 6) is 0. The molecule has 0 aromatic carbocycles. The van der Waals surface area contributed by atoms with E-state index in [1.165, 1.54) is 0 Å². The van der Waals surface area contributed by atoms with Gasteiger partial charge in [-0.1, -0.05) is 0 Å². The van der Waals surface area contributed by atoms with Crippen molar-refractivity contribution in [2.24, 2.45) is 4.99 Å². The fraction of sp³-hybridized carbons (Fsp3) is 0.875. The first-order valence-corrected chi connectivity index (χ1v) is 7.02. The highest BCUT2D eigenvalue weighted by atomic mass is 32.2. The van der Waals surface area contributed by atoms with Crippen molar-refractivity contribution in [3.8, 4) is 0 Å². The van der Waals surface area contributed by atoms with Crippen molar-refractivity contribution >= 4 is 26.9 Å². The minimum absolute atomic E-state index is 0.260. The van der Waals surface area contributed by atoms with Crippen molar-refractivity contribution in [3.63, 3.8) is 0 Å². The number of nitrogens with zero attached hydrogens (tertiary/aromatic N) is 1. The van der Waals surface area contributed by atoms with Crippen LogP contribution in [0, 0.1) is 0 Å². The zero-order chi connectivity index (χ0) is 10.3. The van der Waals surface area contributed by atoms with Gasteiger partial charge in [0.2, 0.25) is 0 Å². The fourth-order valence-electron chi connectivity index (χ4n) is 2.10. The smallest absolute Gasteiger partial charge is 0.267 e. The van der Waals surface area contributed by atoms with Crippen LogP contribution in [-0.4, -0.2) is 34.6 Å². The molecule has 1 saturated carbocycles. The van der Waals surface area contributed by atoms with Crippen molar-refractivity contribution < 1.29 is 13.0 Å². The predicted molar refractivity (Wildman–Crippen MR) is 57.5 cm³/mol. The summed E-state index contributed by atoms with van der Waals surface area (Å²) < 4.78 is 30.9. The quantitative estimate of drug-likeness (QED) is 0.696. The Labute approximate surface area is 87.9 Å². The molecular weight excluding hydrogens is 222 g/mol. The summed E-state index contributed by atoms with van der Waals surface area (Å²) in [6, 6.07) is 0.276. The van der Waals surface area contributed by atoms with Gasteiger partial charge >= 0.3 is 0 Å². The van der Waals surface area contributed by atoms with Gasteiger partial charge in [0.05, 0.1) is 16.3 Å². The Morgan fingerprint density at radius 2 is 2.21 bits per heavy atom. The molecule has 6 heteroatoms. The number of rotatable bonds is 1. The maximum atomic E-state index is 11.0. The van der Waals surface area contributed by atoms with Gasteiger partial charge in [-0.3, -0.25) is 9.55 Å². The number of hydrogen-bond donors (Lipinski definition) is 1. The molecular formula is C8H13NO3S2. The summed E-state index contributed by atoms with van der Waals surface area (Å²) in [7, 11) is -3.85. The second kappa shape index (κ2) is 3.50. The van der Waals surface area contributed by atoms with E-state index < -0.39 is 15.4 Å². The Morgan fingerprint density at radius 3 is 2.86 bits per heavy atom. The first-order chi connectivity index (χ1) is 6.47. The molecule has 3 atom stereocenters. The molecule has 0 radical (unpaired) electrons. The van der Waals surface area contributed by atoms with Gasteiger partial charge in [0, 0.05) is 5.25 Å². The SMILES string of the molecule is CC1=NC2CCC(S(=O)(=O)O)CC2S1. The number of hydrogen-bond acceptors (Lipinski definition) is 4. The van der Waals surface area contributed by atoms with Crippen LogP contribution in [0.25, 0.3) is 0 Å². The van der Waals surface area contributed by atoms with Gasteiger partial charge < -0.3 is 0 Å². The molecule has 80 valence electrons. The lowest BCUT2D eigenvalue weighted by Gasteiger charge is -2.27. The van der Waals surface area contributed by atoms with Gasteiger partial charge in [-0.25, -0.2) is 0 Å². The lowest BCUT2D eigenvalue weighted by Crippen LogP contribution is -2.35. The molecule has 0 bridgehead atoms. The second-order valence-electron chi connectivity index (χ2n) is 3.82. The van der Waals surface area contributed by atoms with E-state index in [0.717, 1.165) is 11.5 Å². The number of thioether (sulfide) groups is 1. The number of fused-ring (bicyclic) bond motifs is 1. The predicted octanol–water partition coefficient (Wildman–Crippen LogP) is 1.33. The van der Waals surface area contributed by atoms with E-state index >= 15 is 0 Å². The molecule has 2 rings (SSSR count). The van der Waals surface area contributed by atoms with Crippen molar-refractivity contribution in [1.29, 1.82) is 0 Å². The Kier molecular flexibility index (Phi) is 2.61. The average Bonchev–Trinajstić information content (AvgIpc) is 2.41. The molecule has 0 saturated heterocycles. The fourth-order valence-corrected chi connectivity index (χ4v) is 4.43. The highest BCUT2D eigenvalue weighted by Gasteiger charge is 2.39. The summed E-state index contributed by atoms with van der Waals surface area (Å²) >= 11 is 1.64. The molecule has 4 nitrogen and oxygen atoms in total. The molecule has 1 aliphatic heterocycles. The topological polar surface area (TPSA) is 66.7 Å². The number of aliphatic imine (C=N–C) groups is 1. The summed E-state index contributed by atoms with van der Waals surface area (Å²) in [6.07, 6.45) is 1.85. The highest BCUT2D eigenvalue weighted by Crippen LogP contribution is 2.38. The van der Waals surface area contributed by atoms with E-state index in [0.29, 0.717) is 12.8 Å². The normalized spacial score (nSPS) is 37.9. The zero-order valence-electron chi connectivity index (χ0n) is 7.88. The Hall–Kier alpha value is -0.0700. The lowest BCUT2D eigenvalue weighted by atomic mass is 9.95. The first-order valence-electron chi connectivity index (χ1n) is 4.64. The summed E-state index contributed by atoms with van der Waals surface area (Å²) in [5, 5.41) is 0.726. The monoisotopic (exact) mass is 235 g/mol. The van der Waals surface area contributed by atoms with Crippen LogP contribution in [0.3, 0.4) is 0 Å². The maximum absolute atomic E-state index is 11.0. The molecule has 1 N–H and O–H groups in total. The molecule has 1 aliphatic carbocycles. The van der Waals surface area contributed by atoms with Crippen LogP contribution in [-0.2, 0) is 10.1 Å². The van der Waals surface area contributed by atoms with Crippen molar-refractivity contribution in [2.75, 3.05) is 0 Å². The molecule has 0 spiro atoms. The van der Waals surface area contributed by atoms with E-state index in [1.54, 1.807) is 11.8 Å². The van der Waals surface area contributed by atoms with E-state index in [1.807, 2.05) is 6.92 Å². The van der Waals surface area contributed by atoms with Gasteiger partial charge in [0.15, 0.2) is 0 Å². The van der Waals surface area contributed by atoms with Gasteiger partial charge in [-0.2, -0.15) is 8.42 Å². The van der Waals surface area contributed by atoms with Crippen molar-refractivity contribution in [3.05, 3.63) is 0 Å². The summed E-state index contributed by atoms with van der Waals surface area (Å²) in [4.78, 5) is 4.43. The minimum atomic E-state index is -3.85. The van der Waals surface area contributed by atoms with Crippen LogP contribution >= 0.6 is 11.8 Å². The second-order valence-corrected chi connectivity index (χ2v) is 6.95. The van der Waals surface area contributed by atoms with Crippen LogP contribution < -0.4 is 0 Å². The summed E-state index contributed by atoms with van der Waals surface area (Å²) in [5.41, 5.74) is 0. The minimum Gasteiger partial charge on any atom is -0.285 e. The third-order valence-electron chi connectivity index (χ3n) is 2.80.